The Morgan fingerprint density at radius 3 is 2.87 bits per heavy atom. The van der Waals surface area contributed by atoms with Crippen LogP contribution in [-0.4, -0.2) is 39.9 Å². The second-order valence-electron chi connectivity index (χ2n) is 7.43. The van der Waals surface area contributed by atoms with Gasteiger partial charge in [0.1, 0.15) is 11.5 Å². The lowest BCUT2D eigenvalue weighted by molar-refractivity contribution is 0.0989. The highest BCUT2D eigenvalue weighted by Crippen LogP contribution is 2.26. The molecule has 1 fully saturated rings. The average Bonchev–Trinajstić information content (AvgIpc) is 2.75. The minimum absolute atomic E-state index is 0.0762. The van der Waals surface area contributed by atoms with Gasteiger partial charge >= 0.3 is 0 Å². The van der Waals surface area contributed by atoms with Crippen molar-refractivity contribution in [1.82, 2.24) is 15.0 Å². The zero-order valence-electron chi connectivity index (χ0n) is 16.5. The van der Waals surface area contributed by atoms with Crippen LogP contribution in [0.25, 0.3) is 11.4 Å². The van der Waals surface area contributed by atoms with Crippen molar-refractivity contribution in [3.8, 4) is 11.4 Å². The molecule has 1 aliphatic heterocycles. The third-order valence-electron chi connectivity index (χ3n) is 5.22. The number of rotatable bonds is 5. The molecule has 0 saturated carbocycles. The number of carbonyl (C=O) groups is 1. The Bertz CT molecular complexity index is 1070. The number of hydrogen-bond donors (Lipinski definition) is 2. The number of pyridine rings is 1. The first kappa shape index (κ1) is 19.9. The van der Waals surface area contributed by atoms with E-state index < -0.39 is 5.82 Å². The highest BCUT2D eigenvalue weighted by Gasteiger charge is 2.22. The number of nitrogen functional groups attached to an aromatic ring is 1. The van der Waals surface area contributed by atoms with Crippen LogP contribution in [0, 0.1) is 5.82 Å². The lowest BCUT2D eigenvalue weighted by atomic mass is 10.0. The topological polar surface area (TPSA) is 111 Å². The summed E-state index contributed by atoms with van der Waals surface area (Å²) in [6.45, 7) is 1.62. The van der Waals surface area contributed by atoms with Crippen molar-refractivity contribution in [2.45, 2.75) is 25.3 Å². The summed E-state index contributed by atoms with van der Waals surface area (Å²) in [6.07, 6.45) is 6.80. The second-order valence-corrected chi connectivity index (χ2v) is 7.43. The Kier molecular flexibility index (Phi) is 5.67. The van der Waals surface area contributed by atoms with Crippen molar-refractivity contribution in [1.29, 1.82) is 0 Å². The van der Waals surface area contributed by atoms with Gasteiger partial charge in [-0.3, -0.25) is 9.78 Å². The summed E-state index contributed by atoms with van der Waals surface area (Å²) in [4.78, 5) is 27.8. The summed E-state index contributed by atoms with van der Waals surface area (Å²) in [5.41, 5.74) is 14.3. The number of nitrogens with two attached hydrogens (primary N) is 2. The van der Waals surface area contributed by atoms with Gasteiger partial charge < -0.3 is 16.4 Å². The number of piperidine rings is 1. The van der Waals surface area contributed by atoms with Crippen LogP contribution in [0.5, 0.6) is 0 Å². The molecule has 0 radical (unpaired) electrons. The van der Waals surface area contributed by atoms with E-state index in [9.17, 15) is 9.18 Å². The molecule has 154 valence electrons. The molecule has 1 atom stereocenters. The Morgan fingerprint density at radius 2 is 2.07 bits per heavy atom. The number of Topliss-reactive ketones (excluding diaryl/α,β-unsaturated/α-hetero) is 1. The number of anilines is 2. The lowest BCUT2D eigenvalue weighted by Gasteiger charge is -2.33. The molecule has 30 heavy (non-hydrogen) atoms. The summed E-state index contributed by atoms with van der Waals surface area (Å²) >= 11 is 0. The van der Waals surface area contributed by atoms with Crippen molar-refractivity contribution in [3.63, 3.8) is 0 Å². The van der Waals surface area contributed by atoms with Crippen LogP contribution >= 0.6 is 0 Å². The summed E-state index contributed by atoms with van der Waals surface area (Å²) in [5.74, 6) is -0.612. The van der Waals surface area contributed by atoms with Crippen LogP contribution < -0.4 is 16.4 Å². The van der Waals surface area contributed by atoms with Crippen LogP contribution in [0.2, 0.25) is 0 Å². The van der Waals surface area contributed by atoms with Gasteiger partial charge in [-0.05, 0) is 31.0 Å². The minimum atomic E-state index is -0.461. The normalized spacial score (nSPS) is 16.5. The smallest absolute Gasteiger partial charge is 0.187 e. The van der Waals surface area contributed by atoms with Crippen LogP contribution in [0.15, 0.2) is 48.9 Å². The van der Waals surface area contributed by atoms with E-state index >= 15 is 0 Å². The molecule has 2 aromatic heterocycles. The van der Waals surface area contributed by atoms with E-state index in [1.165, 1.54) is 12.3 Å². The molecule has 0 amide bonds. The first-order chi connectivity index (χ1) is 14.5. The zero-order valence-corrected chi connectivity index (χ0v) is 16.5. The van der Waals surface area contributed by atoms with Gasteiger partial charge in [0.05, 0.1) is 17.4 Å². The van der Waals surface area contributed by atoms with Crippen LogP contribution in [-0.2, 0) is 6.42 Å². The van der Waals surface area contributed by atoms with E-state index in [1.807, 2.05) is 6.07 Å². The summed E-state index contributed by atoms with van der Waals surface area (Å²) < 4.78 is 14.1. The lowest BCUT2D eigenvalue weighted by Crippen LogP contribution is -2.43. The van der Waals surface area contributed by atoms with E-state index in [4.69, 9.17) is 11.5 Å². The number of hydrogen-bond acceptors (Lipinski definition) is 7. The van der Waals surface area contributed by atoms with Crippen molar-refractivity contribution in [3.05, 3.63) is 66.0 Å². The van der Waals surface area contributed by atoms with E-state index in [1.54, 1.807) is 30.6 Å². The van der Waals surface area contributed by atoms with Gasteiger partial charge in [-0.1, -0.05) is 12.1 Å². The van der Waals surface area contributed by atoms with Crippen LogP contribution in [0.1, 0.15) is 28.9 Å². The van der Waals surface area contributed by atoms with Gasteiger partial charge in [0, 0.05) is 49.2 Å². The zero-order chi connectivity index (χ0) is 21.1. The molecule has 8 heteroatoms. The third-order valence-corrected chi connectivity index (χ3v) is 5.22. The molecule has 0 unspecified atom stereocenters. The number of nitrogens with zero attached hydrogens (tertiary/aromatic N) is 4. The Morgan fingerprint density at radius 1 is 1.23 bits per heavy atom. The van der Waals surface area contributed by atoms with E-state index in [-0.39, 0.29) is 41.0 Å². The number of carbonyl (C=O) groups excluding carboxylic acids is 1. The number of ketones is 1. The number of benzene rings is 1. The minimum Gasteiger partial charge on any atom is -0.396 e. The summed E-state index contributed by atoms with van der Waals surface area (Å²) in [5, 5.41) is 0. The molecule has 1 saturated heterocycles. The molecular weight excluding hydrogens is 383 g/mol. The molecule has 4 N–H and O–H groups in total. The van der Waals surface area contributed by atoms with Crippen LogP contribution in [0.4, 0.5) is 15.8 Å². The maximum Gasteiger partial charge on any atom is 0.187 e. The van der Waals surface area contributed by atoms with Crippen molar-refractivity contribution in [2.24, 2.45) is 5.73 Å². The predicted molar refractivity (Wildman–Crippen MR) is 114 cm³/mol. The molecule has 0 bridgehead atoms. The van der Waals surface area contributed by atoms with E-state index in [2.05, 4.69) is 19.9 Å². The molecule has 1 aromatic carbocycles. The maximum atomic E-state index is 14.1. The Labute approximate surface area is 174 Å². The predicted octanol–water partition coefficient (Wildman–Crippen LogP) is 2.61. The fourth-order valence-electron chi connectivity index (χ4n) is 3.74. The van der Waals surface area contributed by atoms with Gasteiger partial charge in [-0.2, -0.15) is 0 Å². The SMILES string of the molecule is Nc1cnc(-c2ccccc2F)nc1C(=O)Cc1cnccc1N1CCC[C@H](N)C1. The van der Waals surface area contributed by atoms with Gasteiger partial charge in [0.2, 0.25) is 0 Å². The van der Waals surface area contributed by atoms with Gasteiger partial charge in [0.15, 0.2) is 11.6 Å². The Hall–Kier alpha value is -3.39. The molecule has 3 aromatic rings. The van der Waals surface area contributed by atoms with Gasteiger partial charge in [-0.15, -0.1) is 0 Å². The molecular formula is C22H23FN6O. The first-order valence-corrected chi connectivity index (χ1v) is 9.87. The third kappa shape index (κ3) is 4.13. The molecule has 0 aliphatic carbocycles. The van der Waals surface area contributed by atoms with E-state index in [0.29, 0.717) is 0 Å². The first-order valence-electron chi connectivity index (χ1n) is 9.87. The molecule has 1 aliphatic rings. The second kappa shape index (κ2) is 8.54. The van der Waals surface area contributed by atoms with Crippen molar-refractivity contribution >= 4 is 17.2 Å². The van der Waals surface area contributed by atoms with Crippen LogP contribution in [0.3, 0.4) is 0 Å². The van der Waals surface area contributed by atoms with E-state index in [0.717, 1.165) is 37.2 Å². The fourth-order valence-corrected chi connectivity index (χ4v) is 3.74. The van der Waals surface area contributed by atoms with Crippen molar-refractivity contribution in [2.75, 3.05) is 23.7 Å². The summed E-state index contributed by atoms with van der Waals surface area (Å²) in [6, 6.07) is 8.16. The molecule has 7 nitrogen and oxygen atoms in total. The monoisotopic (exact) mass is 406 g/mol. The summed E-state index contributed by atoms with van der Waals surface area (Å²) in [7, 11) is 0. The van der Waals surface area contributed by atoms with Gasteiger partial charge in [0.25, 0.3) is 0 Å². The fraction of sp³-hybridized carbons (Fsp3) is 0.273. The highest BCUT2D eigenvalue weighted by atomic mass is 19.1. The quantitative estimate of drug-likeness (QED) is 0.627. The van der Waals surface area contributed by atoms with Gasteiger partial charge in [-0.25, -0.2) is 14.4 Å². The molecule has 0 spiro atoms. The maximum absolute atomic E-state index is 14.1. The standard InChI is InChI=1S/C22H23FN6O/c23-17-6-2-1-5-16(17)22-27-12-18(25)21(28-22)20(30)10-14-11-26-8-7-19(14)29-9-3-4-15(24)13-29/h1-2,5-8,11-12,15H,3-4,9-10,13,24-25H2/t15-/m0/s1. The largest absolute Gasteiger partial charge is 0.396 e. The average molecular weight is 406 g/mol. The number of halogens is 1. The Balaban J connectivity index is 1.62. The molecule has 4 rings (SSSR count). The van der Waals surface area contributed by atoms with Crippen molar-refractivity contribution < 1.29 is 9.18 Å². The number of aromatic nitrogens is 3. The highest BCUT2D eigenvalue weighted by molar-refractivity contribution is 6.00. The molecule has 3 heterocycles.